The normalized spacial score (nSPS) is 13.8. The van der Waals surface area contributed by atoms with Crippen LogP contribution in [0.15, 0.2) is 110 Å². The van der Waals surface area contributed by atoms with Gasteiger partial charge in [0.1, 0.15) is 12.2 Å². The van der Waals surface area contributed by atoms with Crippen LogP contribution in [0.4, 0.5) is 11.9 Å². The van der Waals surface area contributed by atoms with Gasteiger partial charge in [-0.05, 0) is 134 Å². The Balaban J connectivity index is 0.000000140. The number of hydrogen-bond acceptors (Lipinski definition) is 15. The lowest BCUT2D eigenvalue weighted by Gasteiger charge is -2.15. The van der Waals surface area contributed by atoms with Crippen LogP contribution in [0.25, 0.3) is 55.4 Å². The molecule has 8 N–H and O–H groups in total. The van der Waals surface area contributed by atoms with Gasteiger partial charge in [-0.25, -0.2) is 23.8 Å². The van der Waals surface area contributed by atoms with Gasteiger partial charge in [0, 0.05) is 79.4 Å². The number of anilines is 2. The summed E-state index contributed by atoms with van der Waals surface area (Å²) in [5, 5.41) is 31.0. The lowest BCUT2D eigenvalue weighted by Crippen LogP contribution is -2.24. The number of aromatic carboxylic acids is 1. The summed E-state index contributed by atoms with van der Waals surface area (Å²) in [7, 11) is 3.64. The summed E-state index contributed by atoms with van der Waals surface area (Å²) < 4.78 is 18.5. The van der Waals surface area contributed by atoms with Crippen LogP contribution < -0.4 is 32.0 Å². The van der Waals surface area contributed by atoms with E-state index in [0.717, 1.165) is 86.7 Å². The molecular weight excluding hydrogens is 929 g/mol. The second-order valence-corrected chi connectivity index (χ2v) is 18.0. The molecule has 2 aliphatic carbocycles. The average molecular weight is 983 g/mol. The Morgan fingerprint density at radius 1 is 0.671 bits per heavy atom. The third-order valence-corrected chi connectivity index (χ3v) is 13.1. The maximum absolute atomic E-state index is 13.3. The molecule has 8 aromatic heterocycles. The maximum atomic E-state index is 13.3. The van der Waals surface area contributed by atoms with Crippen LogP contribution in [0, 0.1) is 0 Å². The molecule has 21 heteroatoms. The molecule has 372 valence electrons. The van der Waals surface area contributed by atoms with Crippen LogP contribution >= 0.6 is 0 Å². The van der Waals surface area contributed by atoms with Gasteiger partial charge >= 0.3 is 5.97 Å². The van der Waals surface area contributed by atoms with E-state index in [1.165, 1.54) is 25.7 Å². The number of fused-ring (bicyclic) bond motifs is 4. The number of nitrogens with two attached hydrogens (primary N) is 3. The van der Waals surface area contributed by atoms with Crippen molar-refractivity contribution < 1.29 is 24.2 Å². The largest absolute Gasteiger partial charge is 0.478 e. The first-order valence-corrected chi connectivity index (χ1v) is 24.1. The van der Waals surface area contributed by atoms with Crippen molar-refractivity contribution in [2.45, 2.75) is 76.7 Å². The van der Waals surface area contributed by atoms with Crippen molar-refractivity contribution in [2.24, 2.45) is 19.8 Å². The fourth-order valence-corrected chi connectivity index (χ4v) is 9.32. The molecule has 8 heterocycles. The first-order chi connectivity index (χ1) is 35.5. The zero-order valence-corrected chi connectivity index (χ0v) is 40.3. The topological polar surface area (TPSA) is 285 Å². The monoisotopic (exact) mass is 982 g/mol. The molecule has 1 amide bonds. The summed E-state index contributed by atoms with van der Waals surface area (Å²) in [6.45, 7) is 0.814. The van der Waals surface area contributed by atoms with E-state index in [1.807, 2.05) is 67.7 Å². The van der Waals surface area contributed by atoms with Gasteiger partial charge in [0.15, 0.2) is 11.3 Å². The molecule has 0 spiro atoms. The number of carboxylic acid groups (broad SMARTS) is 1. The fourth-order valence-electron chi connectivity index (χ4n) is 9.32. The SMILES string of the molecule is Cn1ncc2c(-c3ccn4nc(N)nc4c3)cc(C(=O)NCc3cccnc3OC3CCCC3)cc21.Cn1ncc2c(-c3ccn4nc(N)nc4c3)cc(C(=O)O)cc21.NCc1cccnc1OC1CCCC1. The number of amides is 1. The number of carbonyl (C=O) groups excluding carboxylic acids is 1. The summed E-state index contributed by atoms with van der Waals surface area (Å²) in [6.07, 6.45) is 20.4. The van der Waals surface area contributed by atoms with E-state index in [-0.39, 0.29) is 29.5 Å². The van der Waals surface area contributed by atoms with Crippen molar-refractivity contribution >= 4 is 56.9 Å². The highest BCUT2D eigenvalue weighted by atomic mass is 16.5. The number of rotatable bonds is 11. The van der Waals surface area contributed by atoms with Crippen molar-refractivity contribution in [3.05, 3.63) is 132 Å². The number of nitrogens with one attached hydrogen (secondary N) is 1. The smallest absolute Gasteiger partial charge is 0.335 e. The predicted molar refractivity (Wildman–Crippen MR) is 274 cm³/mol. The minimum Gasteiger partial charge on any atom is -0.478 e. The maximum Gasteiger partial charge on any atom is 0.335 e. The lowest BCUT2D eigenvalue weighted by molar-refractivity contribution is 0.0696. The zero-order chi connectivity index (χ0) is 50.6. The van der Waals surface area contributed by atoms with Crippen molar-refractivity contribution in [2.75, 3.05) is 11.5 Å². The van der Waals surface area contributed by atoms with Gasteiger partial charge in [-0.3, -0.25) is 14.2 Å². The molecule has 2 aromatic carbocycles. The molecule has 2 aliphatic rings. The van der Waals surface area contributed by atoms with E-state index in [4.69, 9.17) is 26.7 Å². The third kappa shape index (κ3) is 10.4. The number of pyridine rings is 4. The molecule has 0 unspecified atom stereocenters. The highest BCUT2D eigenvalue weighted by Crippen LogP contribution is 2.33. The molecule has 2 fully saturated rings. The van der Waals surface area contributed by atoms with Crippen LogP contribution in [0.1, 0.15) is 83.2 Å². The summed E-state index contributed by atoms with van der Waals surface area (Å²) in [4.78, 5) is 41.7. The predicted octanol–water partition coefficient (Wildman–Crippen LogP) is 6.94. The average Bonchev–Trinajstić information content (AvgIpc) is 4.29. The third-order valence-electron chi connectivity index (χ3n) is 13.1. The van der Waals surface area contributed by atoms with Gasteiger partial charge in [0.25, 0.3) is 5.91 Å². The van der Waals surface area contributed by atoms with E-state index >= 15 is 0 Å². The molecule has 0 saturated heterocycles. The number of nitrogens with zero attached hydrogens (tertiary/aromatic N) is 12. The fraction of sp³-hybridized carbons (Fsp3) is 0.269. The van der Waals surface area contributed by atoms with E-state index in [2.05, 4.69) is 45.6 Å². The molecule has 21 nitrogen and oxygen atoms in total. The molecule has 0 aliphatic heterocycles. The summed E-state index contributed by atoms with van der Waals surface area (Å²) in [5.41, 5.74) is 25.7. The Labute approximate surface area is 418 Å². The summed E-state index contributed by atoms with van der Waals surface area (Å²) in [6, 6.07) is 22.1. The lowest BCUT2D eigenvalue weighted by atomic mass is 9.99. The van der Waals surface area contributed by atoms with Crippen LogP contribution in [0.2, 0.25) is 0 Å². The Hall–Kier alpha value is -8.98. The molecule has 73 heavy (non-hydrogen) atoms. The number of benzene rings is 2. The molecule has 0 atom stereocenters. The van der Waals surface area contributed by atoms with Gasteiger partial charge in [0.2, 0.25) is 23.7 Å². The number of ether oxygens (including phenoxy) is 2. The second kappa shape index (κ2) is 20.8. The molecule has 12 rings (SSSR count). The van der Waals surface area contributed by atoms with Crippen molar-refractivity contribution in [1.82, 2.24) is 64.0 Å². The van der Waals surface area contributed by atoms with Crippen molar-refractivity contribution in [1.29, 1.82) is 0 Å². The number of hydrogen-bond donors (Lipinski definition) is 5. The van der Waals surface area contributed by atoms with Crippen LogP contribution in [-0.4, -0.2) is 87.9 Å². The number of aromatic nitrogens is 12. The summed E-state index contributed by atoms with van der Waals surface area (Å²) >= 11 is 0. The zero-order valence-electron chi connectivity index (χ0n) is 40.3. The second-order valence-electron chi connectivity index (χ2n) is 18.0. The molecule has 2 saturated carbocycles. The number of carboxylic acids is 1. The first-order valence-electron chi connectivity index (χ1n) is 24.1. The van der Waals surface area contributed by atoms with E-state index in [9.17, 15) is 14.7 Å². The standard InChI is InChI=1S/C26H26N8O2.C15H12N6O2.C11H16N2O/c1-33-22-12-18(24(35)29-14-17-5-4-9-28-25(17)36-19-6-2-3-7-19)11-20(21(22)15-30-33)16-8-10-34-23(13-16)31-26(27)32-34;1-20-12-5-9(14(22)23)4-10(11(12)7-17-20)8-2-3-21-13(6-8)18-15(16)19-21;12-8-9-4-3-7-13-11(9)14-10-5-1-2-6-10/h4-5,8-13,15,19H,2-3,6-7,14H2,1H3,(H2,27,32)(H,29,35);2-7H,1H3,(H2,16,19)(H,22,23);3-4,7,10H,1-2,5-6,8,12H2. The van der Waals surface area contributed by atoms with Crippen molar-refractivity contribution in [3.8, 4) is 34.0 Å². The van der Waals surface area contributed by atoms with E-state index < -0.39 is 5.97 Å². The molecule has 0 bridgehead atoms. The van der Waals surface area contributed by atoms with Gasteiger partial charge in [-0.2, -0.15) is 20.2 Å². The number of carbonyl (C=O) groups is 2. The number of aryl methyl sites for hydroxylation is 2. The summed E-state index contributed by atoms with van der Waals surface area (Å²) in [5.74, 6) is 0.534. The Morgan fingerprint density at radius 3 is 1.66 bits per heavy atom. The quantitative estimate of drug-likeness (QED) is 0.0877. The molecule has 0 radical (unpaired) electrons. The van der Waals surface area contributed by atoms with Crippen LogP contribution in [0.3, 0.4) is 0 Å². The van der Waals surface area contributed by atoms with Gasteiger partial charge in [0.05, 0.1) is 29.0 Å². The molecule has 10 aromatic rings. The Kier molecular flexibility index (Phi) is 13.6. The van der Waals surface area contributed by atoms with Gasteiger partial charge in [-0.1, -0.05) is 12.1 Å². The Bertz CT molecular complexity index is 3620. The van der Waals surface area contributed by atoms with Gasteiger partial charge < -0.3 is 37.1 Å². The highest BCUT2D eigenvalue weighted by Gasteiger charge is 2.21. The van der Waals surface area contributed by atoms with Crippen molar-refractivity contribution in [3.63, 3.8) is 0 Å². The minimum absolute atomic E-state index is 0.188. The Morgan fingerprint density at radius 2 is 1.15 bits per heavy atom. The number of nitrogen functional groups attached to an aromatic ring is 2. The molecular formula is C52H54N16O5. The minimum atomic E-state index is -0.984. The van der Waals surface area contributed by atoms with Crippen LogP contribution in [0.5, 0.6) is 11.8 Å². The van der Waals surface area contributed by atoms with Crippen LogP contribution in [-0.2, 0) is 27.2 Å². The van der Waals surface area contributed by atoms with E-state index in [1.54, 1.807) is 74.8 Å². The highest BCUT2D eigenvalue weighted by molar-refractivity contribution is 6.04. The van der Waals surface area contributed by atoms with E-state index in [0.29, 0.717) is 41.9 Å². The van der Waals surface area contributed by atoms with Gasteiger partial charge in [-0.15, -0.1) is 10.2 Å². The first kappa shape index (κ1) is 47.7.